The van der Waals surface area contributed by atoms with Crippen molar-refractivity contribution in [1.82, 2.24) is 4.90 Å². The molecule has 4 nitrogen and oxygen atoms in total. The number of carbonyl (C=O) groups excluding carboxylic acids is 1. The Labute approximate surface area is 128 Å². The van der Waals surface area contributed by atoms with Crippen LogP contribution in [0.5, 0.6) is 0 Å². The molecule has 0 spiro atoms. The molecule has 1 atom stereocenters. The zero-order chi connectivity index (χ0) is 15.2. The van der Waals surface area contributed by atoms with Crippen LogP contribution in [0.3, 0.4) is 0 Å². The van der Waals surface area contributed by atoms with Gasteiger partial charge in [0, 0.05) is 24.1 Å². The Balaban J connectivity index is 2.07. The molecule has 2 rings (SSSR count). The highest BCUT2D eigenvalue weighted by Gasteiger charge is 2.27. The van der Waals surface area contributed by atoms with Crippen molar-refractivity contribution in [1.29, 1.82) is 0 Å². The smallest absolute Gasteiger partial charge is 0.305 e. The number of aryl methyl sites for hydroxylation is 1. The fraction of sp³-hybridized carbons (Fsp3) is 0.375. The van der Waals surface area contributed by atoms with Crippen LogP contribution in [0.2, 0.25) is 0 Å². The molecule has 0 bridgehead atoms. The summed E-state index contributed by atoms with van der Waals surface area (Å²) in [5.74, 6) is 0.587. The van der Waals surface area contributed by atoms with E-state index in [0.29, 0.717) is 12.3 Å². The molecule has 1 aromatic rings. The molecule has 1 aliphatic heterocycles. The maximum absolute atomic E-state index is 12.3. The van der Waals surface area contributed by atoms with Crippen LogP contribution in [-0.4, -0.2) is 46.0 Å². The number of carboxylic acid groups (broad SMARTS) is 1. The summed E-state index contributed by atoms with van der Waals surface area (Å²) < 4.78 is 0. The molecular formula is C16H19NO3S. The normalized spacial score (nSPS) is 18.9. The number of carbonyl (C=O) groups is 2. The molecule has 1 unspecified atom stereocenters. The van der Waals surface area contributed by atoms with Gasteiger partial charge < -0.3 is 10.0 Å². The zero-order valence-corrected chi connectivity index (χ0v) is 12.8. The van der Waals surface area contributed by atoms with Crippen LogP contribution < -0.4 is 0 Å². The lowest BCUT2D eigenvalue weighted by Crippen LogP contribution is -2.46. The second-order valence-corrected chi connectivity index (χ2v) is 6.20. The maximum atomic E-state index is 12.3. The van der Waals surface area contributed by atoms with Gasteiger partial charge in [0.2, 0.25) is 5.91 Å². The number of nitrogens with zero attached hydrogens (tertiary/aromatic N) is 1. The summed E-state index contributed by atoms with van der Waals surface area (Å²) >= 11 is 1.70. The molecule has 1 aliphatic rings. The second kappa shape index (κ2) is 7.31. The van der Waals surface area contributed by atoms with Crippen molar-refractivity contribution in [2.75, 3.05) is 18.1 Å². The van der Waals surface area contributed by atoms with E-state index in [9.17, 15) is 9.59 Å². The van der Waals surface area contributed by atoms with Crippen molar-refractivity contribution in [2.24, 2.45) is 0 Å². The largest absolute Gasteiger partial charge is 0.481 e. The first kappa shape index (κ1) is 15.6. The van der Waals surface area contributed by atoms with Crippen molar-refractivity contribution in [3.05, 3.63) is 41.5 Å². The monoisotopic (exact) mass is 305 g/mol. The fourth-order valence-corrected chi connectivity index (χ4v) is 3.41. The second-order valence-electron chi connectivity index (χ2n) is 5.05. The molecule has 0 aliphatic carbocycles. The number of hydrogen-bond donors (Lipinski definition) is 1. The van der Waals surface area contributed by atoms with Crippen LogP contribution in [0.1, 0.15) is 17.5 Å². The van der Waals surface area contributed by atoms with E-state index >= 15 is 0 Å². The predicted molar refractivity (Wildman–Crippen MR) is 85.3 cm³/mol. The summed E-state index contributed by atoms with van der Waals surface area (Å²) in [5, 5.41) is 8.94. The number of hydrogen-bond acceptors (Lipinski definition) is 3. The van der Waals surface area contributed by atoms with E-state index < -0.39 is 5.97 Å². The van der Waals surface area contributed by atoms with Gasteiger partial charge in [-0.15, -0.1) is 0 Å². The minimum Gasteiger partial charge on any atom is -0.481 e. The number of aliphatic carboxylic acids is 1. The van der Waals surface area contributed by atoms with Crippen molar-refractivity contribution in [2.45, 2.75) is 19.4 Å². The fourth-order valence-electron chi connectivity index (χ4n) is 2.35. The number of benzene rings is 1. The number of rotatable bonds is 4. The third-order valence-corrected chi connectivity index (χ3v) is 4.61. The van der Waals surface area contributed by atoms with Gasteiger partial charge in [-0.05, 0) is 24.1 Å². The molecule has 5 heteroatoms. The van der Waals surface area contributed by atoms with E-state index in [0.717, 1.165) is 16.9 Å². The molecule has 0 radical (unpaired) electrons. The third-order valence-electron chi connectivity index (χ3n) is 3.51. The van der Waals surface area contributed by atoms with Crippen LogP contribution in [0.15, 0.2) is 30.3 Å². The van der Waals surface area contributed by atoms with Crippen LogP contribution in [0, 0.1) is 6.92 Å². The van der Waals surface area contributed by atoms with Gasteiger partial charge in [-0.2, -0.15) is 11.8 Å². The molecule has 1 aromatic carbocycles. The minimum atomic E-state index is -0.858. The van der Waals surface area contributed by atoms with Crippen molar-refractivity contribution in [3.8, 4) is 0 Å². The molecule has 112 valence electrons. The van der Waals surface area contributed by atoms with Crippen molar-refractivity contribution < 1.29 is 14.7 Å². The lowest BCUT2D eigenvalue weighted by atomic mass is 10.1. The van der Waals surface area contributed by atoms with Gasteiger partial charge in [0.25, 0.3) is 0 Å². The third kappa shape index (κ3) is 4.36. The molecule has 0 saturated carbocycles. The first-order valence-corrected chi connectivity index (χ1v) is 8.07. The predicted octanol–water partition coefficient (Wildman–Crippen LogP) is 2.43. The first-order chi connectivity index (χ1) is 10.1. The molecular weight excluding hydrogens is 286 g/mol. The molecule has 1 heterocycles. The van der Waals surface area contributed by atoms with E-state index in [1.807, 2.05) is 31.2 Å². The van der Waals surface area contributed by atoms with E-state index in [1.54, 1.807) is 28.8 Å². The van der Waals surface area contributed by atoms with Crippen LogP contribution in [0.4, 0.5) is 0 Å². The summed E-state index contributed by atoms with van der Waals surface area (Å²) in [6.45, 7) is 2.61. The first-order valence-electron chi connectivity index (χ1n) is 6.92. The summed E-state index contributed by atoms with van der Waals surface area (Å²) in [6, 6.07) is 7.63. The van der Waals surface area contributed by atoms with Crippen LogP contribution >= 0.6 is 11.8 Å². The number of amides is 1. The quantitative estimate of drug-likeness (QED) is 0.868. The van der Waals surface area contributed by atoms with Crippen molar-refractivity contribution >= 4 is 29.7 Å². The van der Waals surface area contributed by atoms with E-state index in [4.69, 9.17) is 5.11 Å². The Morgan fingerprint density at radius 2 is 2.19 bits per heavy atom. The Morgan fingerprint density at radius 3 is 2.90 bits per heavy atom. The molecule has 21 heavy (non-hydrogen) atoms. The zero-order valence-electron chi connectivity index (χ0n) is 12.0. The standard InChI is InChI=1S/C16H19NO3S/c1-12-4-2-3-5-13(12)6-7-15(18)17-8-9-21-11-14(17)10-16(19)20/h2-7,14H,8-11H2,1H3,(H,19,20). The van der Waals surface area contributed by atoms with Gasteiger partial charge in [-0.25, -0.2) is 0 Å². The van der Waals surface area contributed by atoms with E-state index in [2.05, 4.69) is 0 Å². The van der Waals surface area contributed by atoms with Gasteiger partial charge in [0.15, 0.2) is 0 Å². The number of carboxylic acids is 1. The van der Waals surface area contributed by atoms with Crippen LogP contribution in [0.25, 0.3) is 6.08 Å². The van der Waals surface area contributed by atoms with Gasteiger partial charge in [-0.1, -0.05) is 24.3 Å². The Kier molecular flexibility index (Phi) is 5.44. The van der Waals surface area contributed by atoms with E-state index in [-0.39, 0.29) is 18.4 Å². The average molecular weight is 305 g/mol. The summed E-state index contributed by atoms with van der Waals surface area (Å²) in [7, 11) is 0. The molecule has 0 aromatic heterocycles. The summed E-state index contributed by atoms with van der Waals surface area (Å²) in [4.78, 5) is 24.9. The molecule has 1 fully saturated rings. The van der Waals surface area contributed by atoms with Gasteiger partial charge in [0.1, 0.15) is 0 Å². The lowest BCUT2D eigenvalue weighted by Gasteiger charge is -2.33. The minimum absolute atomic E-state index is 0.0109. The topological polar surface area (TPSA) is 57.6 Å². The van der Waals surface area contributed by atoms with Gasteiger partial charge in [0.05, 0.1) is 12.5 Å². The summed E-state index contributed by atoms with van der Waals surface area (Å²) in [6.07, 6.45) is 3.36. The highest BCUT2D eigenvalue weighted by atomic mass is 32.2. The maximum Gasteiger partial charge on any atom is 0.305 e. The van der Waals surface area contributed by atoms with Gasteiger partial charge in [-0.3, -0.25) is 9.59 Å². The summed E-state index contributed by atoms with van der Waals surface area (Å²) in [5.41, 5.74) is 2.12. The molecule has 1 saturated heterocycles. The Morgan fingerprint density at radius 1 is 1.43 bits per heavy atom. The van der Waals surface area contributed by atoms with Gasteiger partial charge >= 0.3 is 5.97 Å². The average Bonchev–Trinajstić information content (AvgIpc) is 2.46. The van der Waals surface area contributed by atoms with E-state index in [1.165, 1.54) is 0 Å². The molecule has 1 N–H and O–H groups in total. The molecule has 1 amide bonds. The highest BCUT2D eigenvalue weighted by Crippen LogP contribution is 2.20. The highest BCUT2D eigenvalue weighted by molar-refractivity contribution is 7.99. The Hall–Kier alpha value is -1.75. The lowest BCUT2D eigenvalue weighted by molar-refractivity contribution is -0.139. The Bertz CT molecular complexity index is 556. The number of thioether (sulfide) groups is 1. The van der Waals surface area contributed by atoms with Crippen LogP contribution in [-0.2, 0) is 9.59 Å². The SMILES string of the molecule is Cc1ccccc1C=CC(=O)N1CCSCC1CC(=O)O. The van der Waals surface area contributed by atoms with Crippen molar-refractivity contribution in [3.63, 3.8) is 0 Å².